The molecule has 0 aliphatic heterocycles. The molecule has 0 bridgehead atoms. The topological polar surface area (TPSA) is 29.1 Å². The molecule has 0 spiro atoms. The number of amides is 1. The first-order chi connectivity index (χ1) is 9.72. The lowest BCUT2D eigenvalue weighted by Gasteiger charge is -2.06. The van der Waals surface area contributed by atoms with Crippen LogP contribution in [-0.2, 0) is 11.3 Å². The van der Waals surface area contributed by atoms with Crippen molar-refractivity contribution in [3.8, 4) is 0 Å². The lowest BCUT2D eigenvalue weighted by molar-refractivity contribution is -0.121. The summed E-state index contributed by atoms with van der Waals surface area (Å²) in [6.07, 6.45) is 9.44. The van der Waals surface area contributed by atoms with Crippen LogP contribution in [0, 0.1) is 6.92 Å². The molecule has 0 aliphatic rings. The number of hydrogen-bond donors (Lipinski definition) is 1. The Morgan fingerprint density at radius 3 is 2.20 bits per heavy atom. The maximum Gasteiger partial charge on any atom is 0.220 e. The highest BCUT2D eigenvalue weighted by Crippen LogP contribution is 2.08. The molecular formula is C18H29NO. The van der Waals surface area contributed by atoms with Crippen molar-refractivity contribution in [3.05, 3.63) is 35.4 Å². The van der Waals surface area contributed by atoms with Crippen LogP contribution in [0.4, 0.5) is 0 Å². The molecule has 0 atom stereocenters. The van der Waals surface area contributed by atoms with Gasteiger partial charge in [-0.1, -0.05) is 75.3 Å². The smallest absolute Gasteiger partial charge is 0.220 e. The molecule has 1 rings (SSSR count). The quantitative estimate of drug-likeness (QED) is 0.613. The molecule has 0 heterocycles. The predicted molar refractivity (Wildman–Crippen MR) is 85.6 cm³/mol. The van der Waals surface area contributed by atoms with E-state index >= 15 is 0 Å². The largest absolute Gasteiger partial charge is 0.352 e. The van der Waals surface area contributed by atoms with Gasteiger partial charge in [0.1, 0.15) is 0 Å². The molecule has 1 aromatic carbocycles. The Hall–Kier alpha value is -1.31. The molecule has 0 saturated heterocycles. The van der Waals surface area contributed by atoms with Crippen LogP contribution in [0.25, 0.3) is 0 Å². The fourth-order valence-electron chi connectivity index (χ4n) is 2.24. The van der Waals surface area contributed by atoms with Crippen LogP contribution in [0.1, 0.15) is 69.4 Å². The Balaban J connectivity index is 2.01. The van der Waals surface area contributed by atoms with E-state index in [9.17, 15) is 4.79 Å². The number of hydrogen-bond acceptors (Lipinski definition) is 1. The molecule has 2 nitrogen and oxygen atoms in total. The normalized spacial score (nSPS) is 10.5. The Labute approximate surface area is 124 Å². The van der Waals surface area contributed by atoms with Crippen molar-refractivity contribution < 1.29 is 4.79 Å². The van der Waals surface area contributed by atoms with E-state index in [1.807, 2.05) is 0 Å². The predicted octanol–water partition coefficient (Wildman–Crippen LogP) is 4.75. The van der Waals surface area contributed by atoms with Gasteiger partial charge in [0.05, 0.1) is 0 Å². The van der Waals surface area contributed by atoms with E-state index in [4.69, 9.17) is 0 Å². The minimum absolute atomic E-state index is 0.180. The van der Waals surface area contributed by atoms with Crippen molar-refractivity contribution in [3.63, 3.8) is 0 Å². The van der Waals surface area contributed by atoms with Crippen molar-refractivity contribution in [1.29, 1.82) is 0 Å². The van der Waals surface area contributed by atoms with E-state index in [1.165, 1.54) is 49.7 Å². The summed E-state index contributed by atoms with van der Waals surface area (Å²) < 4.78 is 0. The summed E-state index contributed by atoms with van der Waals surface area (Å²) in [5.41, 5.74) is 2.42. The highest BCUT2D eigenvalue weighted by atomic mass is 16.1. The molecule has 0 aliphatic carbocycles. The third kappa shape index (κ3) is 7.98. The molecule has 0 aromatic heterocycles. The lowest BCUT2D eigenvalue weighted by atomic mass is 10.1. The first kappa shape index (κ1) is 16.7. The van der Waals surface area contributed by atoms with Crippen molar-refractivity contribution >= 4 is 5.91 Å². The molecule has 1 amide bonds. The van der Waals surface area contributed by atoms with E-state index in [2.05, 4.69) is 43.4 Å². The first-order valence-corrected chi connectivity index (χ1v) is 8.04. The fraction of sp³-hybridized carbons (Fsp3) is 0.611. The van der Waals surface area contributed by atoms with Gasteiger partial charge < -0.3 is 5.32 Å². The second-order valence-electron chi connectivity index (χ2n) is 5.63. The summed E-state index contributed by atoms with van der Waals surface area (Å²) in [4.78, 5) is 11.7. The van der Waals surface area contributed by atoms with E-state index in [1.54, 1.807) is 0 Å². The van der Waals surface area contributed by atoms with Crippen LogP contribution in [0.3, 0.4) is 0 Å². The number of carbonyl (C=O) groups excluding carboxylic acids is 1. The van der Waals surface area contributed by atoms with E-state index in [0.29, 0.717) is 13.0 Å². The zero-order valence-electron chi connectivity index (χ0n) is 13.1. The Kier molecular flexibility index (Phi) is 8.77. The SMILES string of the molecule is CCCCCCCCCC(=O)NCc1ccc(C)cc1. The number of rotatable bonds is 10. The zero-order chi connectivity index (χ0) is 14.6. The molecule has 0 radical (unpaired) electrons. The van der Waals surface area contributed by atoms with E-state index in [0.717, 1.165) is 6.42 Å². The Bertz CT molecular complexity index is 370. The van der Waals surface area contributed by atoms with Gasteiger partial charge in [-0.15, -0.1) is 0 Å². The van der Waals surface area contributed by atoms with Gasteiger partial charge in [0.2, 0.25) is 5.91 Å². The van der Waals surface area contributed by atoms with Crippen LogP contribution in [-0.4, -0.2) is 5.91 Å². The molecule has 2 heteroatoms. The van der Waals surface area contributed by atoms with E-state index in [-0.39, 0.29) is 5.91 Å². The second kappa shape index (κ2) is 10.5. The number of unbranched alkanes of at least 4 members (excludes halogenated alkanes) is 6. The average Bonchev–Trinajstić information content (AvgIpc) is 2.46. The van der Waals surface area contributed by atoms with Crippen molar-refractivity contribution in [1.82, 2.24) is 5.32 Å². The summed E-state index contributed by atoms with van der Waals surface area (Å²) in [5, 5.41) is 2.99. The molecule has 0 fully saturated rings. The Morgan fingerprint density at radius 2 is 1.55 bits per heavy atom. The highest BCUT2D eigenvalue weighted by Gasteiger charge is 2.01. The molecular weight excluding hydrogens is 246 g/mol. The van der Waals surface area contributed by atoms with Gasteiger partial charge in [0, 0.05) is 13.0 Å². The summed E-state index contributed by atoms with van der Waals surface area (Å²) in [7, 11) is 0. The van der Waals surface area contributed by atoms with E-state index < -0.39 is 0 Å². The van der Waals surface area contributed by atoms with Gasteiger partial charge in [-0.3, -0.25) is 4.79 Å². The highest BCUT2D eigenvalue weighted by molar-refractivity contribution is 5.75. The van der Waals surface area contributed by atoms with Crippen LogP contribution >= 0.6 is 0 Å². The standard InChI is InChI=1S/C18H29NO/c1-3-4-5-6-7-8-9-10-18(20)19-15-17-13-11-16(2)12-14-17/h11-14H,3-10,15H2,1-2H3,(H,19,20). The summed E-state index contributed by atoms with van der Waals surface area (Å²) >= 11 is 0. The van der Waals surface area contributed by atoms with Crippen molar-refractivity contribution in [2.75, 3.05) is 0 Å². The first-order valence-electron chi connectivity index (χ1n) is 8.04. The molecule has 20 heavy (non-hydrogen) atoms. The summed E-state index contributed by atoms with van der Waals surface area (Å²) in [5.74, 6) is 0.180. The van der Waals surface area contributed by atoms with Crippen LogP contribution in [0.2, 0.25) is 0 Å². The third-order valence-corrected chi connectivity index (χ3v) is 3.62. The van der Waals surface area contributed by atoms with Gasteiger partial charge in [-0.2, -0.15) is 0 Å². The summed E-state index contributed by atoms with van der Waals surface area (Å²) in [6, 6.07) is 8.31. The number of nitrogens with one attached hydrogen (secondary N) is 1. The second-order valence-corrected chi connectivity index (χ2v) is 5.63. The third-order valence-electron chi connectivity index (χ3n) is 3.62. The van der Waals surface area contributed by atoms with Crippen molar-refractivity contribution in [2.45, 2.75) is 71.8 Å². The summed E-state index contributed by atoms with van der Waals surface area (Å²) in [6.45, 7) is 4.96. The monoisotopic (exact) mass is 275 g/mol. The lowest BCUT2D eigenvalue weighted by Crippen LogP contribution is -2.22. The maximum absolute atomic E-state index is 11.7. The van der Waals surface area contributed by atoms with Gasteiger partial charge in [-0.25, -0.2) is 0 Å². The van der Waals surface area contributed by atoms with Gasteiger partial charge in [0.25, 0.3) is 0 Å². The van der Waals surface area contributed by atoms with Gasteiger partial charge in [-0.05, 0) is 18.9 Å². The minimum atomic E-state index is 0.180. The minimum Gasteiger partial charge on any atom is -0.352 e. The average molecular weight is 275 g/mol. The van der Waals surface area contributed by atoms with Crippen LogP contribution in [0.15, 0.2) is 24.3 Å². The molecule has 0 saturated carbocycles. The van der Waals surface area contributed by atoms with Crippen LogP contribution in [0.5, 0.6) is 0 Å². The molecule has 112 valence electrons. The Morgan fingerprint density at radius 1 is 0.950 bits per heavy atom. The van der Waals surface area contributed by atoms with Gasteiger partial charge >= 0.3 is 0 Å². The molecule has 1 aromatic rings. The fourth-order valence-corrected chi connectivity index (χ4v) is 2.24. The molecule has 1 N–H and O–H groups in total. The zero-order valence-corrected chi connectivity index (χ0v) is 13.1. The molecule has 0 unspecified atom stereocenters. The maximum atomic E-state index is 11.7. The number of carbonyl (C=O) groups is 1. The van der Waals surface area contributed by atoms with Crippen LogP contribution < -0.4 is 5.32 Å². The van der Waals surface area contributed by atoms with Gasteiger partial charge in [0.15, 0.2) is 0 Å². The number of aryl methyl sites for hydroxylation is 1. The van der Waals surface area contributed by atoms with Crippen molar-refractivity contribution in [2.24, 2.45) is 0 Å². The number of benzene rings is 1.